The van der Waals surface area contributed by atoms with Crippen molar-refractivity contribution in [2.24, 2.45) is 0 Å². The van der Waals surface area contributed by atoms with Crippen LogP contribution in [0, 0.1) is 6.92 Å². The van der Waals surface area contributed by atoms with Gasteiger partial charge in [-0.05, 0) is 67.8 Å². The third kappa shape index (κ3) is 16.0. The van der Waals surface area contributed by atoms with Crippen molar-refractivity contribution in [3.63, 3.8) is 0 Å². The molecule has 0 saturated carbocycles. The molecule has 0 bridgehead atoms. The topological polar surface area (TPSA) is 230 Å². The molecule has 22 heteroatoms. The molecule has 20 nitrogen and oxygen atoms in total. The van der Waals surface area contributed by atoms with Crippen LogP contribution >= 0.6 is 6.72 Å². The van der Waals surface area contributed by atoms with Crippen molar-refractivity contribution in [1.29, 1.82) is 0 Å². The molecule has 0 saturated heterocycles. The Morgan fingerprint density at radius 3 is 2.21 bits per heavy atom. The van der Waals surface area contributed by atoms with Crippen molar-refractivity contribution >= 4 is 63.7 Å². The number of likely N-dealkylation sites (N-methyl/N-ethyl adjacent to an activating group) is 1. The van der Waals surface area contributed by atoms with Gasteiger partial charge in [-0.25, -0.2) is 9.67 Å². The van der Waals surface area contributed by atoms with Crippen LogP contribution in [0.4, 0.5) is 11.4 Å². The molecule has 1 aliphatic rings. The molecule has 4 aromatic carbocycles. The zero-order valence-corrected chi connectivity index (χ0v) is 46.2. The van der Waals surface area contributed by atoms with Gasteiger partial charge >= 0.3 is 0 Å². The second-order valence-corrected chi connectivity index (χ2v) is 21.4. The minimum absolute atomic E-state index is 0.0390. The van der Waals surface area contributed by atoms with Gasteiger partial charge in [-0.15, -0.1) is 5.10 Å². The number of nitrogens with zero attached hydrogens (tertiary/aromatic N) is 6. The van der Waals surface area contributed by atoms with E-state index in [0.29, 0.717) is 132 Å². The number of aromatic nitrogens is 5. The molecule has 78 heavy (non-hydrogen) atoms. The maximum Gasteiger partial charge on any atom is 0.227 e. The standard InChI is InChI=1S/C56H69N8O12PS/c1-40-58-47-21-20-46-49(65)38-50(76-56(46)54(47)59-40)41-16-18-43(19-17-41)62(2)25-28-70-30-32-72-34-36-74-37-35-73-33-31-71-29-26-64-55-44-13-7-6-12-42(44)39-63(48-15-9-8-14-45(48)53(55)60-61-64)52(67)23-22-51(66)57-24-10-4-5-11-27-75-77(68,78)69-3/h6-9,12-21,38H,4-5,10-11,22-37,39H2,1-3H3,(H,57,66)(H,58,59)(H,68,78)/p-1. The fraction of sp³-hybridized carbons (Fsp3) is 0.429. The van der Waals surface area contributed by atoms with Crippen molar-refractivity contribution < 1.29 is 51.6 Å². The predicted octanol–water partition coefficient (Wildman–Crippen LogP) is 7.34. The quantitative estimate of drug-likeness (QED) is 0.0310. The van der Waals surface area contributed by atoms with Gasteiger partial charge in [0.05, 0.1) is 108 Å². The summed E-state index contributed by atoms with van der Waals surface area (Å²) in [5.74, 6) is 0.889. The number of fused-ring (bicyclic) bond motifs is 8. The van der Waals surface area contributed by atoms with E-state index in [1.807, 2.05) is 97.5 Å². The van der Waals surface area contributed by atoms with Crippen molar-refractivity contribution in [3.05, 3.63) is 113 Å². The van der Waals surface area contributed by atoms with Crippen LogP contribution in [0.5, 0.6) is 0 Å². The number of H-pyrrole nitrogens is 1. The number of amides is 2. The highest BCUT2D eigenvalue weighted by atomic mass is 32.5. The predicted molar refractivity (Wildman–Crippen MR) is 300 cm³/mol. The molecule has 7 aromatic rings. The van der Waals surface area contributed by atoms with E-state index >= 15 is 0 Å². The molecule has 2 N–H and O–H groups in total. The van der Waals surface area contributed by atoms with Crippen LogP contribution in [-0.4, -0.2) is 137 Å². The Morgan fingerprint density at radius 1 is 0.808 bits per heavy atom. The molecule has 2 amide bonds. The minimum atomic E-state index is -3.38. The summed E-state index contributed by atoms with van der Waals surface area (Å²) in [6.07, 6.45) is 3.23. The van der Waals surface area contributed by atoms with E-state index in [4.69, 9.17) is 44.4 Å². The van der Waals surface area contributed by atoms with Crippen LogP contribution in [0.15, 0.2) is 100 Å². The monoisotopic (exact) mass is 1110 g/mol. The number of benzene rings is 4. The van der Waals surface area contributed by atoms with Crippen molar-refractivity contribution in [3.8, 4) is 33.8 Å². The number of hydrogen-bond acceptors (Lipinski definition) is 17. The Balaban J connectivity index is 0.672. The van der Waals surface area contributed by atoms with Gasteiger partial charge in [0.25, 0.3) is 0 Å². The van der Waals surface area contributed by atoms with E-state index in [2.05, 4.69) is 35.0 Å². The third-order valence-corrected chi connectivity index (χ3v) is 14.8. The average Bonchev–Trinajstić information content (AvgIpc) is 4.08. The third-order valence-electron chi connectivity index (χ3n) is 13.1. The second kappa shape index (κ2) is 29.1. The van der Waals surface area contributed by atoms with E-state index in [1.165, 1.54) is 13.2 Å². The summed E-state index contributed by atoms with van der Waals surface area (Å²) >= 11 is 4.72. The molecule has 8 rings (SSSR count). The molecule has 4 heterocycles. The number of aromatic amines is 1. The van der Waals surface area contributed by atoms with E-state index in [9.17, 15) is 19.3 Å². The fourth-order valence-corrected chi connectivity index (χ4v) is 9.65. The Morgan fingerprint density at radius 2 is 1.47 bits per heavy atom. The highest BCUT2D eigenvalue weighted by Gasteiger charge is 2.29. The molecule has 1 unspecified atom stereocenters. The first-order valence-electron chi connectivity index (χ1n) is 26.3. The lowest BCUT2D eigenvalue weighted by atomic mass is 9.95. The highest BCUT2D eigenvalue weighted by Crippen LogP contribution is 2.41. The molecule has 416 valence electrons. The summed E-state index contributed by atoms with van der Waals surface area (Å²) in [5.41, 5.74) is 8.46. The number of unbranched alkanes of at least 4 members (excludes halogenated alkanes) is 3. The van der Waals surface area contributed by atoms with Gasteiger partial charge in [0.2, 0.25) is 11.8 Å². The number of imidazole rings is 1. The van der Waals surface area contributed by atoms with Crippen LogP contribution in [0.3, 0.4) is 0 Å². The molecule has 3 aromatic heterocycles. The summed E-state index contributed by atoms with van der Waals surface area (Å²) in [5, 5.41) is 12.6. The van der Waals surface area contributed by atoms with Gasteiger partial charge in [-0.3, -0.25) is 14.4 Å². The number of para-hydroxylation sites is 1. The average molecular weight is 1110 g/mol. The van der Waals surface area contributed by atoms with Crippen LogP contribution in [0.1, 0.15) is 49.9 Å². The number of carbonyl (C=O) groups is 2. The molecule has 0 aliphatic carbocycles. The number of rotatable bonds is 32. The molecule has 1 aliphatic heterocycles. The van der Waals surface area contributed by atoms with Gasteiger partial charge < -0.3 is 62.1 Å². The van der Waals surface area contributed by atoms with Gasteiger partial charge in [0, 0.05) is 68.5 Å². The van der Waals surface area contributed by atoms with E-state index in [-0.39, 0.29) is 36.7 Å². The van der Waals surface area contributed by atoms with Crippen LogP contribution < -0.4 is 25.4 Å². The van der Waals surface area contributed by atoms with Crippen LogP contribution in [-0.2, 0) is 67.2 Å². The van der Waals surface area contributed by atoms with E-state index in [0.717, 1.165) is 64.2 Å². The molecule has 0 fully saturated rings. The maximum atomic E-state index is 13.9. The summed E-state index contributed by atoms with van der Waals surface area (Å²) < 4.78 is 46.6. The fourth-order valence-electron chi connectivity index (χ4n) is 8.97. The Bertz CT molecular complexity index is 3190. The summed E-state index contributed by atoms with van der Waals surface area (Å²) in [6, 6.07) is 28.6. The normalized spacial score (nSPS) is 12.9. The van der Waals surface area contributed by atoms with E-state index < -0.39 is 6.72 Å². The number of anilines is 2. The SMILES string of the molecule is COP([O-])(=S)OCCCCCCNC(=O)CCC(=O)N1Cc2ccccc2-c2c(nnn2CCOCCOCCOCCOCCOCCN(C)c2ccc(-c3cc(=O)c4ccc5[nH]c(C)nc5c4o3)cc2)-c2ccccc21. The first-order valence-corrected chi connectivity index (χ1v) is 28.9. The number of carbonyl (C=O) groups excluding carboxylic acids is 2. The molecular weight excluding hydrogens is 1040 g/mol. The van der Waals surface area contributed by atoms with Crippen molar-refractivity contribution in [1.82, 2.24) is 30.3 Å². The summed E-state index contributed by atoms with van der Waals surface area (Å²) in [7, 11) is 3.27. The van der Waals surface area contributed by atoms with Crippen molar-refractivity contribution in [2.45, 2.75) is 58.5 Å². The number of aryl methyl sites for hydroxylation is 1. The lowest BCUT2D eigenvalue weighted by molar-refractivity contribution is -0.204. The summed E-state index contributed by atoms with van der Waals surface area (Å²) in [6.45, 7) is 5.07. The van der Waals surface area contributed by atoms with Gasteiger partial charge in [0.1, 0.15) is 29.5 Å². The molecule has 0 spiro atoms. The molecular formula is C56H68N8O12PS-. The summed E-state index contributed by atoms with van der Waals surface area (Å²) in [4.78, 5) is 62.8. The van der Waals surface area contributed by atoms with Gasteiger partial charge in [0.15, 0.2) is 11.0 Å². The number of nitrogens with one attached hydrogen (secondary N) is 2. The second-order valence-electron chi connectivity index (χ2n) is 18.6. The zero-order chi connectivity index (χ0) is 54.7. The lowest BCUT2D eigenvalue weighted by Crippen LogP contribution is -2.33. The first-order chi connectivity index (χ1) is 38.0. The number of hydrogen-bond donors (Lipinski definition) is 2. The molecule has 0 radical (unpaired) electrons. The Kier molecular flexibility index (Phi) is 21.6. The van der Waals surface area contributed by atoms with E-state index in [1.54, 1.807) is 11.0 Å². The zero-order valence-electron chi connectivity index (χ0n) is 44.4. The maximum absolute atomic E-state index is 13.9. The van der Waals surface area contributed by atoms with Gasteiger partial charge in [-0.1, -0.05) is 72.3 Å². The molecule has 1 atom stereocenters. The highest BCUT2D eigenvalue weighted by molar-refractivity contribution is 8.06. The Hall–Kier alpha value is -6.23. The lowest BCUT2D eigenvalue weighted by Gasteiger charge is -2.28. The van der Waals surface area contributed by atoms with Crippen molar-refractivity contribution in [2.75, 3.05) is 110 Å². The van der Waals surface area contributed by atoms with Crippen LogP contribution in [0.25, 0.3) is 55.8 Å². The minimum Gasteiger partial charge on any atom is -0.780 e. The van der Waals surface area contributed by atoms with Gasteiger partial charge in [-0.2, -0.15) is 0 Å². The first kappa shape index (κ1) is 57.9. The smallest absolute Gasteiger partial charge is 0.227 e. The largest absolute Gasteiger partial charge is 0.780 e. The van der Waals surface area contributed by atoms with Crippen LogP contribution in [0.2, 0.25) is 0 Å². The number of ether oxygens (including phenoxy) is 5. The Labute approximate surface area is 458 Å².